The number of nitriles is 1. The van der Waals surface area contributed by atoms with E-state index in [1.807, 2.05) is 29.6 Å². The van der Waals surface area contributed by atoms with Crippen LogP contribution >= 0.6 is 0 Å². The molecule has 0 radical (unpaired) electrons. The predicted octanol–water partition coefficient (Wildman–Crippen LogP) is 2.63. The molecule has 0 N–H and O–H groups in total. The van der Waals surface area contributed by atoms with Crippen LogP contribution in [0, 0.1) is 11.3 Å². The lowest BCUT2D eigenvalue weighted by Crippen LogP contribution is -2.37. The molecule has 1 saturated heterocycles. The average molecular weight is 306 g/mol. The van der Waals surface area contributed by atoms with E-state index in [1.165, 1.54) is 0 Å². The van der Waals surface area contributed by atoms with Crippen molar-refractivity contribution in [2.75, 3.05) is 13.1 Å². The Bertz CT molecular complexity index is 735. The lowest BCUT2D eigenvalue weighted by Gasteiger charge is -2.31. The maximum atomic E-state index is 12.3. The van der Waals surface area contributed by atoms with Crippen LogP contribution in [-0.4, -0.2) is 33.4 Å². The van der Waals surface area contributed by atoms with Crippen LogP contribution in [0.2, 0.25) is 0 Å². The fraction of sp³-hybridized carbons (Fsp3) is 0.278. The lowest BCUT2D eigenvalue weighted by molar-refractivity contribution is -0.127. The molecule has 1 aromatic heterocycles. The Hall–Kier alpha value is -2.87. The predicted molar refractivity (Wildman–Crippen MR) is 87.3 cm³/mol. The van der Waals surface area contributed by atoms with E-state index in [1.54, 1.807) is 30.5 Å². The number of carbonyl (C=O) groups excluding carboxylic acids is 1. The fourth-order valence-corrected chi connectivity index (χ4v) is 2.85. The summed E-state index contributed by atoms with van der Waals surface area (Å²) in [7, 11) is 0. The Kier molecular flexibility index (Phi) is 4.53. The number of benzene rings is 1. The Balaban J connectivity index is 1.57. The van der Waals surface area contributed by atoms with E-state index in [-0.39, 0.29) is 5.91 Å². The monoisotopic (exact) mass is 306 g/mol. The minimum Gasteiger partial charge on any atom is -0.339 e. The maximum Gasteiger partial charge on any atom is 0.246 e. The van der Waals surface area contributed by atoms with Gasteiger partial charge in [0.2, 0.25) is 5.91 Å². The number of carbonyl (C=O) groups is 1. The maximum absolute atomic E-state index is 12.3. The van der Waals surface area contributed by atoms with Gasteiger partial charge in [0.1, 0.15) is 0 Å². The Labute approximate surface area is 135 Å². The molecule has 0 saturated carbocycles. The number of hydrogen-bond donors (Lipinski definition) is 0. The van der Waals surface area contributed by atoms with Gasteiger partial charge in [-0.3, -0.25) is 4.79 Å². The molecule has 2 heterocycles. The van der Waals surface area contributed by atoms with Crippen molar-refractivity contribution >= 4 is 12.0 Å². The molecule has 1 aliphatic heterocycles. The Morgan fingerprint density at radius 2 is 2.17 bits per heavy atom. The summed E-state index contributed by atoms with van der Waals surface area (Å²) >= 11 is 0. The summed E-state index contributed by atoms with van der Waals surface area (Å²) in [6, 6.07) is 9.75. The van der Waals surface area contributed by atoms with Gasteiger partial charge in [-0.25, -0.2) is 4.98 Å². The van der Waals surface area contributed by atoms with Crippen molar-refractivity contribution in [3.63, 3.8) is 0 Å². The van der Waals surface area contributed by atoms with E-state index in [4.69, 9.17) is 5.26 Å². The molecule has 0 bridgehead atoms. The smallest absolute Gasteiger partial charge is 0.246 e. The van der Waals surface area contributed by atoms with E-state index in [9.17, 15) is 4.79 Å². The number of hydrogen-bond acceptors (Lipinski definition) is 3. The number of nitrogens with zero attached hydrogens (tertiary/aromatic N) is 4. The lowest BCUT2D eigenvalue weighted by atomic mass is 10.0. The summed E-state index contributed by atoms with van der Waals surface area (Å²) in [5.41, 5.74) is 1.46. The van der Waals surface area contributed by atoms with Crippen molar-refractivity contribution in [1.82, 2.24) is 14.5 Å². The molecule has 5 heteroatoms. The van der Waals surface area contributed by atoms with Crippen molar-refractivity contribution in [2.24, 2.45) is 0 Å². The summed E-state index contributed by atoms with van der Waals surface area (Å²) in [5.74, 6) is 0.0245. The number of amides is 1. The molecule has 0 unspecified atom stereocenters. The summed E-state index contributed by atoms with van der Waals surface area (Å²) in [4.78, 5) is 18.2. The highest BCUT2D eigenvalue weighted by Crippen LogP contribution is 2.22. The molecular formula is C18H18N4O. The SMILES string of the molecule is N#Cc1cccc(/C=C/C(=O)N2CCC(n3ccnc3)CC2)c1. The molecular weight excluding hydrogens is 288 g/mol. The zero-order valence-electron chi connectivity index (χ0n) is 12.8. The van der Waals surface area contributed by atoms with Crippen molar-refractivity contribution in [3.8, 4) is 6.07 Å². The van der Waals surface area contributed by atoms with Crippen LogP contribution < -0.4 is 0 Å². The second-order valence-corrected chi connectivity index (χ2v) is 5.64. The fourth-order valence-electron chi connectivity index (χ4n) is 2.85. The highest BCUT2D eigenvalue weighted by atomic mass is 16.2. The molecule has 1 fully saturated rings. The van der Waals surface area contributed by atoms with Crippen LogP contribution in [0.4, 0.5) is 0 Å². The van der Waals surface area contributed by atoms with Crippen molar-refractivity contribution in [1.29, 1.82) is 5.26 Å². The number of rotatable bonds is 3. The molecule has 1 aliphatic rings. The van der Waals surface area contributed by atoms with Gasteiger partial charge in [0.15, 0.2) is 0 Å². The van der Waals surface area contributed by atoms with Gasteiger partial charge in [0.05, 0.1) is 18.0 Å². The van der Waals surface area contributed by atoms with Crippen molar-refractivity contribution < 1.29 is 4.79 Å². The van der Waals surface area contributed by atoms with Gasteiger partial charge >= 0.3 is 0 Å². The van der Waals surface area contributed by atoms with Crippen LogP contribution in [-0.2, 0) is 4.79 Å². The summed E-state index contributed by atoms with van der Waals surface area (Å²) in [6.45, 7) is 1.51. The molecule has 0 atom stereocenters. The molecule has 5 nitrogen and oxygen atoms in total. The van der Waals surface area contributed by atoms with Gasteiger partial charge in [-0.1, -0.05) is 12.1 Å². The topological polar surface area (TPSA) is 61.9 Å². The first kappa shape index (κ1) is 15.0. The van der Waals surface area contributed by atoms with Gasteiger partial charge < -0.3 is 9.47 Å². The number of imidazole rings is 1. The van der Waals surface area contributed by atoms with Gasteiger partial charge in [-0.15, -0.1) is 0 Å². The number of aromatic nitrogens is 2. The first-order chi connectivity index (χ1) is 11.3. The van der Waals surface area contributed by atoms with Crippen LogP contribution in [0.25, 0.3) is 6.08 Å². The quantitative estimate of drug-likeness (QED) is 0.819. The zero-order chi connectivity index (χ0) is 16.1. The third-order valence-electron chi connectivity index (χ3n) is 4.16. The summed E-state index contributed by atoms with van der Waals surface area (Å²) in [5, 5.41) is 8.89. The van der Waals surface area contributed by atoms with E-state index >= 15 is 0 Å². The standard InChI is InChI=1S/C18H18N4O/c19-13-16-3-1-2-15(12-16)4-5-18(23)21-9-6-17(7-10-21)22-11-8-20-14-22/h1-5,8,11-12,14,17H,6-7,9-10H2/b5-4+. The molecule has 1 amide bonds. The third kappa shape index (κ3) is 3.67. The normalized spacial score (nSPS) is 15.7. The molecule has 1 aromatic carbocycles. The minimum absolute atomic E-state index is 0.0245. The van der Waals surface area contributed by atoms with Crippen LogP contribution in [0.5, 0.6) is 0 Å². The highest BCUT2D eigenvalue weighted by molar-refractivity contribution is 5.91. The van der Waals surface area contributed by atoms with E-state index in [2.05, 4.69) is 15.6 Å². The second kappa shape index (κ2) is 6.93. The Morgan fingerprint density at radius 3 is 2.87 bits per heavy atom. The third-order valence-corrected chi connectivity index (χ3v) is 4.16. The molecule has 0 spiro atoms. The van der Waals surface area contributed by atoms with Gasteiger partial charge in [0.25, 0.3) is 0 Å². The molecule has 116 valence electrons. The first-order valence-corrected chi connectivity index (χ1v) is 7.71. The molecule has 2 aromatic rings. The van der Waals surface area contributed by atoms with E-state index in [0.29, 0.717) is 11.6 Å². The van der Waals surface area contributed by atoms with Gasteiger partial charge in [-0.05, 0) is 36.6 Å². The van der Waals surface area contributed by atoms with Gasteiger partial charge in [0, 0.05) is 37.6 Å². The largest absolute Gasteiger partial charge is 0.339 e. The molecule has 0 aliphatic carbocycles. The van der Waals surface area contributed by atoms with E-state index in [0.717, 1.165) is 31.5 Å². The first-order valence-electron chi connectivity index (χ1n) is 7.71. The zero-order valence-corrected chi connectivity index (χ0v) is 12.8. The molecule has 23 heavy (non-hydrogen) atoms. The number of likely N-dealkylation sites (tertiary alicyclic amines) is 1. The van der Waals surface area contributed by atoms with Crippen molar-refractivity contribution in [2.45, 2.75) is 18.9 Å². The Morgan fingerprint density at radius 1 is 1.35 bits per heavy atom. The van der Waals surface area contributed by atoms with E-state index < -0.39 is 0 Å². The van der Waals surface area contributed by atoms with Crippen LogP contribution in [0.15, 0.2) is 49.1 Å². The molecule has 3 rings (SSSR count). The summed E-state index contributed by atoms with van der Waals surface area (Å²) < 4.78 is 2.12. The van der Waals surface area contributed by atoms with Crippen LogP contribution in [0.3, 0.4) is 0 Å². The number of piperidine rings is 1. The summed E-state index contributed by atoms with van der Waals surface area (Å²) in [6.07, 6.45) is 10.9. The highest BCUT2D eigenvalue weighted by Gasteiger charge is 2.22. The second-order valence-electron chi connectivity index (χ2n) is 5.64. The van der Waals surface area contributed by atoms with Gasteiger partial charge in [-0.2, -0.15) is 5.26 Å². The minimum atomic E-state index is 0.0245. The average Bonchev–Trinajstić information content (AvgIpc) is 3.14. The van der Waals surface area contributed by atoms with Crippen molar-refractivity contribution in [3.05, 3.63) is 60.2 Å². The van der Waals surface area contributed by atoms with Crippen LogP contribution in [0.1, 0.15) is 30.0 Å².